The van der Waals surface area contributed by atoms with Crippen LogP contribution >= 0.6 is 11.6 Å². The van der Waals surface area contributed by atoms with E-state index in [-0.39, 0.29) is 40.0 Å². The number of azo groups is 1. The Hall–Kier alpha value is -3.33. The number of Topliss-reactive ketones (excluding diaryl/α,β-unsaturated/α-hetero) is 1. The first-order valence-corrected chi connectivity index (χ1v) is 8.01. The SMILES string of the molecule is COc1ccc(NC(=O)CC(C)=O)c(N=Nc2cc(Cl)ccc2[N+](=O)[O-])c1. The summed E-state index contributed by atoms with van der Waals surface area (Å²) >= 11 is 5.87. The van der Waals surface area contributed by atoms with Crippen LogP contribution in [0, 0.1) is 10.1 Å². The molecule has 0 heterocycles. The molecule has 0 spiro atoms. The zero-order valence-corrected chi connectivity index (χ0v) is 15.2. The Morgan fingerprint density at radius 2 is 1.89 bits per heavy atom. The summed E-state index contributed by atoms with van der Waals surface area (Å²) in [6.45, 7) is 1.30. The molecular formula is C17H15ClN4O5. The molecule has 0 unspecified atom stereocenters. The number of benzene rings is 2. The second-order valence-corrected chi connectivity index (χ2v) is 5.84. The number of nitrogens with one attached hydrogen (secondary N) is 1. The molecule has 9 nitrogen and oxygen atoms in total. The van der Waals surface area contributed by atoms with Crippen LogP contribution in [0.4, 0.5) is 22.7 Å². The lowest BCUT2D eigenvalue weighted by Crippen LogP contribution is -2.14. The van der Waals surface area contributed by atoms with Crippen LogP contribution in [-0.4, -0.2) is 23.7 Å². The third kappa shape index (κ3) is 5.58. The molecule has 10 heteroatoms. The highest BCUT2D eigenvalue weighted by atomic mass is 35.5. The van der Waals surface area contributed by atoms with Crippen LogP contribution in [0.3, 0.4) is 0 Å². The average Bonchev–Trinajstić information content (AvgIpc) is 2.59. The molecule has 1 amide bonds. The van der Waals surface area contributed by atoms with Crippen molar-refractivity contribution in [2.75, 3.05) is 12.4 Å². The minimum atomic E-state index is -0.605. The van der Waals surface area contributed by atoms with Crippen LogP contribution in [0.2, 0.25) is 5.02 Å². The fourth-order valence-corrected chi connectivity index (χ4v) is 2.25. The van der Waals surface area contributed by atoms with Crippen molar-refractivity contribution in [2.45, 2.75) is 13.3 Å². The standard InChI is InChI=1S/C17H15ClN4O5/c1-10(23)7-17(24)19-13-5-4-12(27-2)9-14(13)20-21-15-8-11(18)3-6-16(15)22(25)26/h3-6,8-9H,7H2,1-2H3,(H,19,24). The number of ketones is 1. The van der Waals surface area contributed by atoms with Gasteiger partial charge in [-0.3, -0.25) is 19.7 Å². The number of hydrogen-bond acceptors (Lipinski definition) is 7. The summed E-state index contributed by atoms with van der Waals surface area (Å²) in [4.78, 5) is 33.4. The van der Waals surface area contributed by atoms with E-state index in [4.69, 9.17) is 16.3 Å². The van der Waals surface area contributed by atoms with Crippen LogP contribution in [-0.2, 0) is 9.59 Å². The fraction of sp³-hybridized carbons (Fsp3) is 0.176. The molecule has 2 aromatic rings. The van der Waals surface area contributed by atoms with E-state index >= 15 is 0 Å². The molecule has 27 heavy (non-hydrogen) atoms. The lowest BCUT2D eigenvalue weighted by Gasteiger charge is -2.08. The largest absolute Gasteiger partial charge is 0.497 e. The number of rotatable bonds is 7. The molecule has 0 radical (unpaired) electrons. The van der Waals surface area contributed by atoms with Crippen LogP contribution in [0.1, 0.15) is 13.3 Å². The molecule has 0 aromatic heterocycles. The third-order valence-corrected chi connectivity index (χ3v) is 3.52. The van der Waals surface area contributed by atoms with Gasteiger partial charge in [0.1, 0.15) is 17.2 Å². The van der Waals surface area contributed by atoms with Gasteiger partial charge in [-0.1, -0.05) is 11.6 Å². The van der Waals surface area contributed by atoms with E-state index in [9.17, 15) is 19.7 Å². The number of hydrogen-bond donors (Lipinski definition) is 1. The maximum Gasteiger partial charge on any atom is 0.296 e. The highest BCUT2D eigenvalue weighted by molar-refractivity contribution is 6.30. The summed E-state index contributed by atoms with van der Waals surface area (Å²) < 4.78 is 5.11. The van der Waals surface area contributed by atoms with Crippen molar-refractivity contribution in [1.82, 2.24) is 0 Å². The summed E-state index contributed by atoms with van der Waals surface area (Å²) in [6, 6.07) is 8.50. The van der Waals surface area contributed by atoms with E-state index < -0.39 is 10.8 Å². The number of anilines is 1. The number of amides is 1. The van der Waals surface area contributed by atoms with E-state index in [2.05, 4.69) is 15.5 Å². The van der Waals surface area contributed by atoms with Crippen molar-refractivity contribution < 1.29 is 19.2 Å². The molecule has 140 valence electrons. The van der Waals surface area contributed by atoms with Gasteiger partial charge in [0.15, 0.2) is 5.69 Å². The van der Waals surface area contributed by atoms with Gasteiger partial charge in [0.05, 0.1) is 24.1 Å². The summed E-state index contributed by atoms with van der Waals surface area (Å²) in [6.07, 6.45) is -0.289. The van der Waals surface area contributed by atoms with Crippen LogP contribution in [0.25, 0.3) is 0 Å². The zero-order chi connectivity index (χ0) is 20.0. The molecule has 0 aliphatic rings. The van der Waals surface area contributed by atoms with Crippen molar-refractivity contribution >= 4 is 46.0 Å². The minimum absolute atomic E-state index is 0.0451. The highest BCUT2D eigenvalue weighted by Crippen LogP contribution is 2.35. The molecule has 2 rings (SSSR count). The predicted octanol–water partition coefficient (Wildman–Crippen LogP) is 4.59. The highest BCUT2D eigenvalue weighted by Gasteiger charge is 2.15. The average molecular weight is 391 g/mol. The molecule has 0 saturated heterocycles. The summed E-state index contributed by atoms with van der Waals surface area (Å²) in [7, 11) is 1.45. The number of carbonyl (C=O) groups excluding carboxylic acids is 2. The van der Waals surface area contributed by atoms with Crippen LogP contribution in [0.5, 0.6) is 5.75 Å². The summed E-state index contributed by atoms with van der Waals surface area (Å²) in [5.74, 6) is -0.370. The van der Waals surface area contributed by atoms with Crippen LogP contribution < -0.4 is 10.1 Å². The van der Waals surface area contributed by atoms with Gasteiger partial charge < -0.3 is 10.1 Å². The van der Waals surface area contributed by atoms with Gasteiger partial charge in [-0.2, -0.15) is 0 Å². The first-order chi connectivity index (χ1) is 12.8. The molecular weight excluding hydrogens is 376 g/mol. The number of nitro benzene ring substituents is 1. The second-order valence-electron chi connectivity index (χ2n) is 5.40. The Labute approximate surface area is 159 Å². The predicted molar refractivity (Wildman–Crippen MR) is 99.2 cm³/mol. The maximum atomic E-state index is 11.8. The van der Waals surface area contributed by atoms with E-state index in [1.807, 2.05) is 0 Å². The van der Waals surface area contributed by atoms with Gasteiger partial charge in [0.2, 0.25) is 5.91 Å². The Kier molecular flexibility index (Phi) is 6.56. The van der Waals surface area contributed by atoms with Crippen molar-refractivity contribution in [1.29, 1.82) is 0 Å². The normalized spacial score (nSPS) is 10.6. The van der Waals surface area contributed by atoms with E-state index in [0.29, 0.717) is 5.75 Å². The maximum absolute atomic E-state index is 11.8. The lowest BCUT2D eigenvalue weighted by molar-refractivity contribution is -0.384. The van der Waals surface area contributed by atoms with Crippen LogP contribution in [0.15, 0.2) is 46.6 Å². The Balaban J connectivity index is 2.41. The minimum Gasteiger partial charge on any atom is -0.497 e. The fourth-order valence-electron chi connectivity index (χ4n) is 2.09. The molecule has 2 aromatic carbocycles. The van der Waals surface area contributed by atoms with Gasteiger partial charge >= 0.3 is 0 Å². The zero-order valence-electron chi connectivity index (χ0n) is 14.4. The monoisotopic (exact) mass is 390 g/mol. The number of nitro groups is 1. The summed E-state index contributed by atoms with van der Waals surface area (Å²) in [5.41, 5.74) is 0.153. The third-order valence-electron chi connectivity index (χ3n) is 3.29. The molecule has 0 bridgehead atoms. The van der Waals surface area contributed by atoms with Gasteiger partial charge in [-0.15, -0.1) is 10.2 Å². The molecule has 0 fully saturated rings. The number of nitrogens with zero attached hydrogens (tertiary/aromatic N) is 3. The van der Waals surface area contributed by atoms with Crippen molar-refractivity contribution in [2.24, 2.45) is 10.2 Å². The molecule has 0 atom stereocenters. The Morgan fingerprint density at radius 3 is 2.52 bits per heavy atom. The summed E-state index contributed by atoms with van der Waals surface area (Å²) in [5, 5.41) is 21.8. The lowest BCUT2D eigenvalue weighted by atomic mass is 10.2. The molecule has 1 N–H and O–H groups in total. The topological polar surface area (TPSA) is 123 Å². The van der Waals surface area contributed by atoms with E-state index in [0.717, 1.165) is 0 Å². The van der Waals surface area contributed by atoms with E-state index in [1.54, 1.807) is 6.07 Å². The molecule has 0 saturated carbocycles. The number of ether oxygens (including phenoxy) is 1. The number of carbonyl (C=O) groups is 2. The van der Waals surface area contributed by atoms with Gasteiger partial charge in [-0.25, -0.2) is 0 Å². The van der Waals surface area contributed by atoms with Crippen molar-refractivity contribution in [3.8, 4) is 5.75 Å². The quantitative estimate of drug-likeness (QED) is 0.320. The van der Waals surface area contributed by atoms with Gasteiger partial charge in [-0.05, 0) is 31.2 Å². The second kappa shape index (κ2) is 8.86. The molecule has 0 aliphatic carbocycles. The first-order valence-electron chi connectivity index (χ1n) is 7.63. The van der Waals surface area contributed by atoms with Gasteiger partial charge in [0.25, 0.3) is 5.69 Å². The number of methoxy groups -OCH3 is 1. The molecule has 0 aliphatic heterocycles. The van der Waals surface area contributed by atoms with Crippen molar-refractivity contribution in [3.05, 3.63) is 51.5 Å². The first kappa shape index (κ1) is 20.0. The Morgan fingerprint density at radius 1 is 1.19 bits per heavy atom. The smallest absolute Gasteiger partial charge is 0.296 e. The Bertz CT molecular complexity index is 930. The van der Waals surface area contributed by atoms with Crippen molar-refractivity contribution in [3.63, 3.8) is 0 Å². The van der Waals surface area contributed by atoms with E-state index in [1.165, 1.54) is 44.4 Å². The number of halogens is 1. The van der Waals surface area contributed by atoms with Gasteiger partial charge in [0, 0.05) is 17.2 Å².